The second kappa shape index (κ2) is 6.42. The van der Waals surface area contributed by atoms with Crippen molar-refractivity contribution < 1.29 is 29.0 Å². The van der Waals surface area contributed by atoms with Crippen LogP contribution in [-0.2, 0) is 26.2 Å². The minimum Gasteiger partial charge on any atom is -0.472 e. The Morgan fingerprint density at radius 1 is 1.29 bits per heavy atom. The number of rotatable bonds is 3. The van der Waals surface area contributed by atoms with E-state index < -0.39 is 16.9 Å². The molecule has 0 aliphatic heterocycles. The number of hydrogen-bond donors (Lipinski definition) is 2. The monoisotopic (exact) mass is 390 g/mol. The number of aryl methyl sites for hydroxylation is 1. The lowest BCUT2D eigenvalue weighted by Crippen LogP contribution is -2.66. The van der Waals surface area contributed by atoms with Crippen LogP contribution in [0.15, 0.2) is 16.9 Å². The van der Waals surface area contributed by atoms with Crippen LogP contribution in [0.4, 0.5) is 0 Å². The zero-order valence-electron chi connectivity index (χ0n) is 16.9. The van der Waals surface area contributed by atoms with Crippen molar-refractivity contribution in [3.05, 3.63) is 23.7 Å². The van der Waals surface area contributed by atoms with Crippen LogP contribution in [-0.4, -0.2) is 41.3 Å². The summed E-state index contributed by atoms with van der Waals surface area (Å²) in [7, 11) is 0. The van der Waals surface area contributed by atoms with Crippen molar-refractivity contribution in [1.82, 2.24) is 0 Å². The van der Waals surface area contributed by atoms with Crippen molar-refractivity contribution in [2.24, 2.45) is 22.7 Å². The summed E-state index contributed by atoms with van der Waals surface area (Å²) in [6, 6.07) is 0. The van der Waals surface area contributed by atoms with Gasteiger partial charge in [0.1, 0.15) is 12.7 Å². The number of carbonyl (C=O) groups excluding carboxylic acids is 2. The predicted octanol–water partition coefficient (Wildman–Crippen LogP) is 2.39. The zero-order valence-corrected chi connectivity index (χ0v) is 16.9. The lowest BCUT2D eigenvalue weighted by molar-refractivity contribution is -0.192. The van der Waals surface area contributed by atoms with E-state index in [4.69, 9.17) is 9.15 Å². The summed E-state index contributed by atoms with van der Waals surface area (Å²) in [5.41, 5.74) is 0.609. The second-order valence-corrected chi connectivity index (χ2v) is 9.64. The van der Waals surface area contributed by atoms with E-state index in [0.717, 1.165) is 36.8 Å². The number of aliphatic hydroxyl groups excluding tert-OH is 2. The molecule has 1 aromatic rings. The molecular weight excluding hydrogens is 360 g/mol. The molecule has 0 spiro atoms. The molecule has 154 valence electrons. The van der Waals surface area contributed by atoms with E-state index in [9.17, 15) is 19.8 Å². The molecule has 0 aromatic carbocycles. The van der Waals surface area contributed by atoms with Gasteiger partial charge >= 0.3 is 5.97 Å². The second-order valence-electron chi connectivity index (χ2n) is 9.64. The lowest BCUT2D eigenvalue weighted by Gasteiger charge is -2.64. The molecule has 0 unspecified atom stereocenters. The average Bonchev–Trinajstić information content (AvgIpc) is 3.14. The summed E-state index contributed by atoms with van der Waals surface area (Å²) in [6.45, 7) is 5.44. The van der Waals surface area contributed by atoms with Gasteiger partial charge in [0, 0.05) is 29.7 Å². The number of fused-ring (bicyclic) bond motifs is 5. The van der Waals surface area contributed by atoms with Crippen LogP contribution in [0.25, 0.3) is 0 Å². The summed E-state index contributed by atoms with van der Waals surface area (Å²) in [4.78, 5) is 24.5. The minimum absolute atomic E-state index is 0.0154. The molecule has 0 amide bonds. The molecule has 1 heterocycles. The normalized spacial score (nSPS) is 42.3. The van der Waals surface area contributed by atoms with E-state index in [1.807, 2.05) is 6.92 Å². The zero-order chi connectivity index (χ0) is 20.3. The molecule has 6 nitrogen and oxygen atoms in total. The molecule has 3 aliphatic carbocycles. The number of ether oxygens (including phenoxy) is 1. The first-order valence-corrected chi connectivity index (χ1v) is 10.2. The highest BCUT2D eigenvalue weighted by molar-refractivity contribution is 5.85. The quantitative estimate of drug-likeness (QED) is 0.769. The van der Waals surface area contributed by atoms with Gasteiger partial charge in [0.15, 0.2) is 5.78 Å². The Labute approximate surface area is 165 Å². The molecule has 2 saturated carbocycles. The number of esters is 1. The van der Waals surface area contributed by atoms with Crippen LogP contribution < -0.4 is 0 Å². The Balaban J connectivity index is 1.83. The number of ketones is 1. The van der Waals surface area contributed by atoms with Crippen molar-refractivity contribution in [3.63, 3.8) is 0 Å². The molecule has 6 heteroatoms. The molecule has 0 bridgehead atoms. The third-order valence-corrected chi connectivity index (χ3v) is 8.27. The summed E-state index contributed by atoms with van der Waals surface area (Å²) < 4.78 is 11.1. The van der Waals surface area contributed by atoms with Crippen LogP contribution in [0.3, 0.4) is 0 Å². The van der Waals surface area contributed by atoms with E-state index in [0.29, 0.717) is 0 Å². The van der Waals surface area contributed by atoms with Gasteiger partial charge in [-0.15, -0.1) is 0 Å². The first-order valence-electron chi connectivity index (χ1n) is 10.2. The Kier molecular flexibility index (Phi) is 4.51. The molecule has 0 radical (unpaired) electrons. The molecule has 6 atom stereocenters. The molecule has 0 saturated heterocycles. The van der Waals surface area contributed by atoms with Gasteiger partial charge < -0.3 is 19.4 Å². The Hall–Kier alpha value is -1.66. The van der Waals surface area contributed by atoms with E-state index in [2.05, 4.69) is 6.92 Å². The Morgan fingerprint density at radius 3 is 2.71 bits per heavy atom. The van der Waals surface area contributed by atoms with Gasteiger partial charge in [-0.1, -0.05) is 13.8 Å². The number of Topliss-reactive ketones (excluding diaryl/α,β-unsaturated/α-hetero) is 1. The fourth-order valence-corrected chi connectivity index (χ4v) is 7.00. The Morgan fingerprint density at radius 2 is 2.04 bits per heavy atom. The molecule has 2 N–H and O–H groups in total. The largest absolute Gasteiger partial charge is 0.472 e. The van der Waals surface area contributed by atoms with E-state index >= 15 is 0 Å². The van der Waals surface area contributed by atoms with E-state index in [1.165, 1.54) is 6.92 Å². The predicted molar refractivity (Wildman–Crippen MR) is 100 cm³/mol. The number of carbonyl (C=O) groups is 2. The van der Waals surface area contributed by atoms with Gasteiger partial charge in [0.25, 0.3) is 0 Å². The highest BCUT2D eigenvalue weighted by Gasteiger charge is 2.66. The van der Waals surface area contributed by atoms with Gasteiger partial charge in [-0.25, -0.2) is 0 Å². The maximum Gasteiger partial charge on any atom is 0.302 e. The van der Waals surface area contributed by atoms with Crippen LogP contribution in [0, 0.1) is 22.7 Å². The number of hydrogen-bond acceptors (Lipinski definition) is 6. The van der Waals surface area contributed by atoms with Crippen molar-refractivity contribution >= 4 is 11.8 Å². The number of furan rings is 1. The molecule has 28 heavy (non-hydrogen) atoms. The average molecular weight is 390 g/mol. The minimum atomic E-state index is -1.13. The fourth-order valence-electron chi connectivity index (χ4n) is 7.00. The molecule has 3 aliphatic rings. The van der Waals surface area contributed by atoms with Crippen LogP contribution in [0.1, 0.15) is 57.6 Å². The highest BCUT2D eigenvalue weighted by atomic mass is 16.5. The third-order valence-electron chi connectivity index (χ3n) is 8.27. The smallest absolute Gasteiger partial charge is 0.302 e. The standard InChI is InChI=1S/C22H30O6/c1-13(24)28-12-22-7-6-17-20(2,8-16(25)19(26)21(17,3)11-23)18(22)5-4-14-9-27-10-15(14)22/h9-10,17-19,23,26H,4-8,11-12H2,1-3H3/t17-,18-,19-,20+,21-,22-/m1/s1. The maximum absolute atomic E-state index is 12.8. The summed E-state index contributed by atoms with van der Waals surface area (Å²) in [5, 5.41) is 20.8. The topological polar surface area (TPSA) is 97.0 Å². The summed E-state index contributed by atoms with van der Waals surface area (Å²) >= 11 is 0. The van der Waals surface area contributed by atoms with Crippen LogP contribution >= 0.6 is 0 Å². The molecule has 2 fully saturated rings. The molecule has 1 aromatic heterocycles. The molecule has 4 rings (SSSR count). The van der Waals surface area contributed by atoms with Gasteiger partial charge in [-0.3, -0.25) is 9.59 Å². The van der Waals surface area contributed by atoms with Crippen molar-refractivity contribution in [1.29, 1.82) is 0 Å². The van der Waals surface area contributed by atoms with Gasteiger partial charge in [0.2, 0.25) is 0 Å². The Bertz CT molecular complexity index is 799. The highest BCUT2D eigenvalue weighted by Crippen LogP contribution is 2.66. The fraction of sp³-hybridized carbons (Fsp3) is 0.727. The first kappa shape index (κ1) is 19.6. The van der Waals surface area contributed by atoms with Gasteiger partial charge in [0.05, 0.1) is 19.1 Å². The first-order chi connectivity index (χ1) is 13.2. The molecular formula is C22H30O6. The van der Waals surface area contributed by atoms with E-state index in [1.54, 1.807) is 12.5 Å². The van der Waals surface area contributed by atoms with Crippen molar-refractivity contribution in [2.45, 2.75) is 64.4 Å². The van der Waals surface area contributed by atoms with Crippen LogP contribution in [0.5, 0.6) is 0 Å². The number of aliphatic hydroxyl groups is 2. The van der Waals surface area contributed by atoms with Crippen LogP contribution in [0.2, 0.25) is 0 Å². The van der Waals surface area contributed by atoms with Crippen molar-refractivity contribution in [3.8, 4) is 0 Å². The SMILES string of the molecule is CC(=O)OC[C@@]12CC[C@@H]3[C@](C)(CC(=O)[C@@H](O)[C@]3(C)CO)[C@H]1CCc1cocc12. The van der Waals surface area contributed by atoms with Gasteiger partial charge in [-0.05, 0) is 48.5 Å². The summed E-state index contributed by atoms with van der Waals surface area (Å²) in [6.07, 6.45) is 5.95. The van der Waals surface area contributed by atoms with Gasteiger partial charge in [-0.2, -0.15) is 0 Å². The third kappa shape index (κ3) is 2.47. The summed E-state index contributed by atoms with van der Waals surface area (Å²) in [5.74, 6) is -0.393. The maximum atomic E-state index is 12.8. The van der Waals surface area contributed by atoms with E-state index in [-0.39, 0.29) is 48.6 Å². The van der Waals surface area contributed by atoms with Crippen molar-refractivity contribution in [2.75, 3.05) is 13.2 Å². The lowest BCUT2D eigenvalue weighted by atomic mass is 9.40.